The van der Waals surface area contributed by atoms with Gasteiger partial charge in [0.2, 0.25) is 0 Å². The number of aliphatic hydroxyl groups is 2. The number of nitrogens with zero attached hydrogens (tertiary/aromatic N) is 1. The van der Waals surface area contributed by atoms with Crippen LogP contribution in [0.15, 0.2) is 0 Å². The van der Waals surface area contributed by atoms with E-state index in [2.05, 4.69) is 5.32 Å². The zero-order valence-corrected chi connectivity index (χ0v) is 11.6. The fourth-order valence-corrected chi connectivity index (χ4v) is 2.58. The predicted molar refractivity (Wildman–Crippen MR) is 72.3 cm³/mol. The number of carbonyl (C=O) groups excluding carboxylic acids is 1. The first-order valence-corrected chi connectivity index (χ1v) is 7.10. The first-order chi connectivity index (χ1) is 9.60. The number of rotatable bonds is 6. The number of carbonyl (C=O) groups is 2. The maximum Gasteiger partial charge on any atom is 0.317 e. The lowest BCUT2D eigenvalue weighted by Gasteiger charge is -2.27. The van der Waals surface area contributed by atoms with E-state index in [0.717, 1.165) is 19.3 Å². The van der Waals surface area contributed by atoms with Crippen molar-refractivity contribution in [2.75, 3.05) is 26.3 Å². The summed E-state index contributed by atoms with van der Waals surface area (Å²) >= 11 is 0. The van der Waals surface area contributed by atoms with Gasteiger partial charge in [-0.25, -0.2) is 4.79 Å². The zero-order chi connectivity index (χ0) is 15.0. The van der Waals surface area contributed by atoms with Gasteiger partial charge in [0, 0.05) is 19.1 Å². The van der Waals surface area contributed by atoms with Crippen LogP contribution in [0, 0.1) is 5.92 Å². The van der Waals surface area contributed by atoms with Gasteiger partial charge in [0.15, 0.2) is 0 Å². The van der Waals surface area contributed by atoms with E-state index >= 15 is 0 Å². The Kier molecular flexibility index (Phi) is 7.32. The van der Waals surface area contributed by atoms with Gasteiger partial charge in [-0.2, -0.15) is 0 Å². The van der Waals surface area contributed by atoms with Crippen LogP contribution in [0.3, 0.4) is 0 Å². The highest BCUT2D eigenvalue weighted by Gasteiger charge is 2.31. The molecule has 0 saturated heterocycles. The Morgan fingerprint density at radius 1 is 1.05 bits per heavy atom. The summed E-state index contributed by atoms with van der Waals surface area (Å²) in [5.74, 6) is -1.44. The Bertz CT molecular complexity index is 318. The zero-order valence-electron chi connectivity index (χ0n) is 11.6. The number of carboxylic acids is 1. The average Bonchev–Trinajstić information content (AvgIpc) is 2.64. The molecule has 2 atom stereocenters. The number of nitrogens with one attached hydrogen (secondary N) is 1. The Balaban J connectivity index is 2.65. The van der Waals surface area contributed by atoms with Crippen LogP contribution < -0.4 is 5.32 Å². The summed E-state index contributed by atoms with van der Waals surface area (Å²) in [6.45, 7) is -0.144. The molecular weight excluding hydrogens is 264 g/mol. The molecule has 1 aliphatic carbocycles. The summed E-state index contributed by atoms with van der Waals surface area (Å²) in [6, 6.07) is -0.811. The molecule has 116 valence electrons. The Morgan fingerprint density at radius 3 is 2.20 bits per heavy atom. The molecule has 1 fully saturated rings. The summed E-state index contributed by atoms with van der Waals surface area (Å²) in [6.07, 6.45) is 3.96. The molecule has 7 nitrogen and oxygen atoms in total. The highest BCUT2D eigenvalue weighted by molar-refractivity contribution is 5.77. The van der Waals surface area contributed by atoms with Crippen LogP contribution in [-0.2, 0) is 4.79 Å². The maximum absolute atomic E-state index is 12.1. The summed E-state index contributed by atoms with van der Waals surface area (Å²) in [5.41, 5.74) is 0. The quantitative estimate of drug-likeness (QED) is 0.515. The van der Waals surface area contributed by atoms with E-state index in [-0.39, 0.29) is 32.3 Å². The molecule has 0 aliphatic heterocycles. The number of aliphatic hydroxyl groups excluding tert-OH is 2. The van der Waals surface area contributed by atoms with Gasteiger partial charge < -0.3 is 25.5 Å². The van der Waals surface area contributed by atoms with Crippen LogP contribution in [0.4, 0.5) is 4.79 Å². The van der Waals surface area contributed by atoms with Gasteiger partial charge >= 0.3 is 12.0 Å². The van der Waals surface area contributed by atoms with Crippen molar-refractivity contribution in [3.05, 3.63) is 0 Å². The first kappa shape index (κ1) is 16.7. The number of amides is 2. The second-order valence-corrected chi connectivity index (χ2v) is 5.07. The number of hydrogen-bond donors (Lipinski definition) is 4. The van der Waals surface area contributed by atoms with Crippen LogP contribution in [0.5, 0.6) is 0 Å². The highest BCUT2D eigenvalue weighted by atomic mass is 16.4. The van der Waals surface area contributed by atoms with Gasteiger partial charge in [0.05, 0.1) is 19.1 Å². The summed E-state index contributed by atoms with van der Waals surface area (Å²) in [4.78, 5) is 24.6. The lowest BCUT2D eigenvalue weighted by molar-refractivity contribution is -0.142. The molecule has 7 heteroatoms. The van der Waals surface area contributed by atoms with E-state index in [9.17, 15) is 14.7 Å². The van der Waals surface area contributed by atoms with E-state index in [1.807, 2.05) is 0 Å². The van der Waals surface area contributed by atoms with E-state index in [1.165, 1.54) is 4.90 Å². The SMILES string of the molecule is O=C(O)C1CCCCCC1NC(=O)N(CCO)CCO. The van der Waals surface area contributed by atoms with E-state index in [0.29, 0.717) is 12.8 Å². The smallest absolute Gasteiger partial charge is 0.317 e. The summed E-state index contributed by atoms with van der Waals surface area (Å²) < 4.78 is 0. The molecule has 2 amide bonds. The minimum atomic E-state index is -0.881. The largest absolute Gasteiger partial charge is 0.481 e. The van der Waals surface area contributed by atoms with Gasteiger partial charge in [-0.1, -0.05) is 19.3 Å². The minimum Gasteiger partial charge on any atom is -0.481 e. The van der Waals surface area contributed by atoms with Gasteiger partial charge in [-0.05, 0) is 12.8 Å². The lowest BCUT2D eigenvalue weighted by Crippen LogP contribution is -2.50. The maximum atomic E-state index is 12.1. The van der Waals surface area contributed by atoms with Crippen molar-refractivity contribution >= 4 is 12.0 Å². The fourth-order valence-electron chi connectivity index (χ4n) is 2.58. The lowest BCUT2D eigenvalue weighted by atomic mass is 9.95. The van der Waals surface area contributed by atoms with Crippen molar-refractivity contribution in [2.45, 2.75) is 38.1 Å². The molecule has 0 heterocycles. The van der Waals surface area contributed by atoms with Gasteiger partial charge in [0.1, 0.15) is 0 Å². The van der Waals surface area contributed by atoms with E-state index in [1.54, 1.807) is 0 Å². The molecular formula is C13H24N2O5. The molecule has 0 aromatic carbocycles. The fraction of sp³-hybridized carbons (Fsp3) is 0.846. The molecule has 0 bridgehead atoms. The highest BCUT2D eigenvalue weighted by Crippen LogP contribution is 2.24. The molecule has 20 heavy (non-hydrogen) atoms. The van der Waals surface area contributed by atoms with Crippen molar-refractivity contribution in [3.63, 3.8) is 0 Å². The van der Waals surface area contributed by atoms with Crippen LogP contribution in [-0.4, -0.2) is 64.6 Å². The van der Waals surface area contributed by atoms with E-state index < -0.39 is 17.9 Å². The number of hydrogen-bond acceptors (Lipinski definition) is 4. The standard InChI is InChI=1S/C13H24N2O5/c16-8-6-15(7-9-17)13(20)14-11-5-3-1-2-4-10(11)12(18)19/h10-11,16-17H,1-9H2,(H,14,20)(H,18,19). The third-order valence-electron chi connectivity index (χ3n) is 3.67. The van der Waals surface area contributed by atoms with Crippen molar-refractivity contribution in [1.82, 2.24) is 10.2 Å². The van der Waals surface area contributed by atoms with Crippen LogP contribution >= 0.6 is 0 Å². The average molecular weight is 288 g/mol. The van der Waals surface area contributed by atoms with Crippen molar-refractivity contribution < 1.29 is 24.9 Å². The Labute approximate surface area is 118 Å². The Hall–Kier alpha value is -1.34. The van der Waals surface area contributed by atoms with Crippen LogP contribution in [0.2, 0.25) is 0 Å². The van der Waals surface area contributed by atoms with Crippen LogP contribution in [0.25, 0.3) is 0 Å². The van der Waals surface area contributed by atoms with E-state index in [4.69, 9.17) is 10.2 Å². The van der Waals surface area contributed by atoms with Crippen LogP contribution in [0.1, 0.15) is 32.1 Å². The molecule has 4 N–H and O–H groups in total. The van der Waals surface area contributed by atoms with Crippen molar-refractivity contribution in [3.8, 4) is 0 Å². The number of aliphatic carboxylic acids is 1. The topological polar surface area (TPSA) is 110 Å². The molecule has 2 unspecified atom stereocenters. The molecule has 1 rings (SSSR count). The molecule has 0 spiro atoms. The molecule has 0 aromatic rings. The van der Waals surface area contributed by atoms with Gasteiger partial charge in [-0.3, -0.25) is 4.79 Å². The first-order valence-electron chi connectivity index (χ1n) is 7.10. The summed E-state index contributed by atoms with van der Waals surface area (Å²) in [5, 5.41) is 29.8. The summed E-state index contributed by atoms with van der Waals surface area (Å²) in [7, 11) is 0. The van der Waals surface area contributed by atoms with Crippen molar-refractivity contribution in [2.24, 2.45) is 5.92 Å². The Morgan fingerprint density at radius 2 is 1.65 bits per heavy atom. The normalized spacial score (nSPS) is 22.9. The number of urea groups is 1. The second kappa shape index (κ2) is 8.76. The predicted octanol–water partition coefficient (Wildman–Crippen LogP) is 0.0161. The third-order valence-corrected chi connectivity index (χ3v) is 3.67. The van der Waals surface area contributed by atoms with Crippen molar-refractivity contribution in [1.29, 1.82) is 0 Å². The third kappa shape index (κ3) is 4.97. The molecule has 0 aromatic heterocycles. The van der Waals surface area contributed by atoms with Gasteiger partial charge in [-0.15, -0.1) is 0 Å². The number of carboxylic acid groups (broad SMARTS) is 1. The second-order valence-electron chi connectivity index (χ2n) is 5.07. The van der Waals surface area contributed by atoms with Gasteiger partial charge in [0.25, 0.3) is 0 Å². The monoisotopic (exact) mass is 288 g/mol. The molecule has 1 aliphatic rings. The molecule has 0 radical (unpaired) electrons. The molecule has 1 saturated carbocycles. The minimum absolute atomic E-state index is 0.122.